The molecule has 0 aliphatic rings. The highest BCUT2D eigenvalue weighted by Crippen LogP contribution is 2.49. The molecule has 12 nitrogen and oxygen atoms in total. The molecule has 0 bridgehead atoms. The number of methoxy groups -OCH3 is 4. The third-order valence-corrected chi connectivity index (χ3v) is 8.41. The molecule has 12 heteroatoms. The maximum atomic E-state index is 13.6. The van der Waals surface area contributed by atoms with Gasteiger partial charge in [-0.3, -0.25) is 0 Å². The van der Waals surface area contributed by atoms with Crippen LogP contribution in [0.25, 0.3) is 43.1 Å². The fraction of sp³-hybridized carbons (Fsp3) is 0.400. The summed E-state index contributed by atoms with van der Waals surface area (Å²) < 4.78 is 55.1. The molecule has 0 N–H and O–H groups in total. The molecule has 0 spiro atoms. The molecule has 0 saturated heterocycles. The number of hydrogen-bond acceptors (Lipinski definition) is 12. The van der Waals surface area contributed by atoms with Crippen molar-refractivity contribution in [3.8, 4) is 11.5 Å². The summed E-state index contributed by atoms with van der Waals surface area (Å²) in [5, 5.41) is 6.03. The second kappa shape index (κ2) is 19.9. The molecule has 5 aromatic carbocycles. The average Bonchev–Trinajstić information content (AvgIpc) is 3.17. The van der Waals surface area contributed by atoms with Crippen molar-refractivity contribution in [2.45, 2.75) is 0 Å². The van der Waals surface area contributed by atoms with Gasteiger partial charge >= 0.3 is 11.9 Å². The molecule has 0 heterocycles. The van der Waals surface area contributed by atoms with Gasteiger partial charge in [-0.2, -0.15) is 0 Å². The van der Waals surface area contributed by atoms with Gasteiger partial charge in [-0.1, -0.05) is 48.5 Å². The van der Waals surface area contributed by atoms with E-state index < -0.39 is 11.9 Å². The number of ether oxygens (including phenoxy) is 10. The van der Waals surface area contributed by atoms with E-state index in [9.17, 15) is 9.59 Å². The molecule has 0 aliphatic heterocycles. The average molecular weight is 719 g/mol. The van der Waals surface area contributed by atoms with Gasteiger partial charge in [0, 0.05) is 35.8 Å². The van der Waals surface area contributed by atoms with Crippen LogP contribution < -0.4 is 9.47 Å². The van der Waals surface area contributed by atoms with Gasteiger partial charge in [-0.25, -0.2) is 9.59 Å². The van der Waals surface area contributed by atoms with Crippen LogP contribution in [0, 0.1) is 0 Å². The lowest BCUT2D eigenvalue weighted by Crippen LogP contribution is -2.14. The van der Waals surface area contributed by atoms with Crippen LogP contribution >= 0.6 is 0 Å². The van der Waals surface area contributed by atoms with E-state index in [4.69, 9.17) is 47.4 Å². The normalized spacial score (nSPS) is 11.5. The first kappa shape index (κ1) is 38.7. The van der Waals surface area contributed by atoms with Gasteiger partial charge in [0.2, 0.25) is 0 Å². The van der Waals surface area contributed by atoms with Crippen LogP contribution in [-0.4, -0.2) is 120 Å². The van der Waals surface area contributed by atoms with Crippen molar-refractivity contribution in [1.29, 1.82) is 0 Å². The van der Waals surface area contributed by atoms with E-state index in [-0.39, 0.29) is 26.4 Å². The Kier molecular flexibility index (Phi) is 14.8. The zero-order chi connectivity index (χ0) is 36.7. The molecule has 0 unspecified atom stereocenters. The molecule has 0 aromatic heterocycles. The Hall–Kier alpha value is -4.56. The second-order valence-corrected chi connectivity index (χ2v) is 11.6. The standard InChI is InChI=1S/C40H46O12/c1-43-13-15-47-17-19-49-21-23-51-39(41)31-25-33-35(29-11-7-5-9-27(29)31)36-30-12-8-6-10-28(30)32(26-34(36)38(46-4)37(33)45-3)40(42)52-24-22-50-20-18-48-16-14-44-2/h5-12,25-26H,13-24H2,1-4H3. The van der Waals surface area contributed by atoms with Crippen molar-refractivity contribution in [1.82, 2.24) is 0 Å². The van der Waals surface area contributed by atoms with Crippen LogP contribution in [0.3, 0.4) is 0 Å². The number of hydrogen-bond donors (Lipinski definition) is 0. The summed E-state index contributed by atoms with van der Waals surface area (Å²) in [7, 11) is 6.32. The number of carbonyl (C=O) groups is 2. The van der Waals surface area contributed by atoms with E-state index >= 15 is 0 Å². The summed E-state index contributed by atoms with van der Waals surface area (Å²) in [6.07, 6.45) is 0. The van der Waals surface area contributed by atoms with Crippen molar-refractivity contribution in [2.24, 2.45) is 0 Å². The molecule has 0 amide bonds. The largest absolute Gasteiger partial charge is 0.492 e. The summed E-state index contributed by atoms with van der Waals surface area (Å²) in [5.74, 6) is -0.163. The summed E-state index contributed by atoms with van der Waals surface area (Å²) in [6.45, 7) is 4.17. The van der Waals surface area contributed by atoms with Gasteiger partial charge in [0.05, 0.1) is 91.4 Å². The van der Waals surface area contributed by atoms with Crippen molar-refractivity contribution in [2.75, 3.05) is 108 Å². The first-order valence-corrected chi connectivity index (χ1v) is 17.1. The van der Waals surface area contributed by atoms with Gasteiger partial charge in [0.15, 0.2) is 11.5 Å². The monoisotopic (exact) mass is 718 g/mol. The third kappa shape index (κ3) is 9.08. The zero-order valence-electron chi connectivity index (χ0n) is 30.2. The van der Waals surface area contributed by atoms with Crippen molar-refractivity contribution in [3.05, 3.63) is 71.8 Å². The lowest BCUT2D eigenvalue weighted by Gasteiger charge is -2.20. The smallest absolute Gasteiger partial charge is 0.338 e. The lowest BCUT2D eigenvalue weighted by atomic mass is 9.88. The molecule has 278 valence electrons. The minimum absolute atomic E-state index is 0.0698. The lowest BCUT2D eigenvalue weighted by molar-refractivity contribution is 0.00560. The highest BCUT2D eigenvalue weighted by Gasteiger charge is 2.25. The topological polar surface area (TPSA) is 126 Å². The maximum absolute atomic E-state index is 13.6. The summed E-state index contributed by atoms with van der Waals surface area (Å²) in [4.78, 5) is 27.2. The van der Waals surface area contributed by atoms with Gasteiger partial charge in [-0.05, 0) is 33.7 Å². The van der Waals surface area contributed by atoms with Crippen LogP contribution in [0.1, 0.15) is 20.7 Å². The van der Waals surface area contributed by atoms with E-state index in [0.717, 1.165) is 21.5 Å². The highest BCUT2D eigenvalue weighted by molar-refractivity contribution is 6.33. The third-order valence-electron chi connectivity index (χ3n) is 8.41. The summed E-state index contributed by atoms with van der Waals surface area (Å²) in [6, 6.07) is 18.9. The number of benzene rings is 5. The summed E-state index contributed by atoms with van der Waals surface area (Å²) in [5.41, 5.74) is 0.748. The Bertz CT molecular complexity index is 1820. The van der Waals surface area contributed by atoms with E-state index in [1.54, 1.807) is 40.6 Å². The number of fused-ring (bicyclic) bond motifs is 7. The van der Waals surface area contributed by atoms with Gasteiger partial charge in [-0.15, -0.1) is 0 Å². The Morgan fingerprint density at radius 2 is 0.750 bits per heavy atom. The molecule has 0 radical (unpaired) electrons. The van der Waals surface area contributed by atoms with Gasteiger partial charge in [0.25, 0.3) is 0 Å². The molecule has 5 rings (SSSR count). The Morgan fingerprint density at radius 3 is 1.10 bits per heavy atom. The van der Waals surface area contributed by atoms with E-state index in [1.807, 2.05) is 48.5 Å². The predicted octanol–water partition coefficient (Wildman–Crippen LogP) is 5.99. The molecule has 0 aliphatic carbocycles. The predicted molar refractivity (Wildman–Crippen MR) is 197 cm³/mol. The minimum Gasteiger partial charge on any atom is -0.492 e. The Labute approximate surface area is 302 Å². The van der Waals surface area contributed by atoms with Crippen LogP contribution in [0.4, 0.5) is 0 Å². The first-order valence-electron chi connectivity index (χ1n) is 17.1. The summed E-state index contributed by atoms with van der Waals surface area (Å²) >= 11 is 0. The fourth-order valence-corrected chi connectivity index (χ4v) is 6.11. The molecule has 52 heavy (non-hydrogen) atoms. The molecule has 5 aromatic rings. The van der Waals surface area contributed by atoms with Crippen molar-refractivity contribution < 1.29 is 57.0 Å². The molecular weight excluding hydrogens is 672 g/mol. The quantitative estimate of drug-likeness (QED) is 0.0474. The highest BCUT2D eigenvalue weighted by atomic mass is 16.6. The second-order valence-electron chi connectivity index (χ2n) is 11.6. The molecule has 0 atom stereocenters. The van der Waals surface area contributed by atoms with Crippen LogP contribution in [0.2, 0.25) is 0 Å². The number of carbonyl (C=O) groups excluding carboxylic acids is 2. The maximum Gasteiger partial charge on any atom is 0.338 e. The molecule has 0 fully saturated rings. The van der Waals surface area contributed by atoms with Crippen LogP contribution in [-0.2, 0) is 37.9 Å². The molecule has 0 saturated carbocycles. The van der Waals surface area contributed by atoms with Gasteiger partial charge in [0.1, 0.15) is 13.2 Å². The van der Waals surface area contributed by atoms with Crippen molar-refractivity contribution in [3.63, 3.8) is 0 Å². The van der Waals surface area contributed by atoms with Crippen LogP contribution in [0.5, 0.6) is 11.5 Å². The first-order chi connectivity index (χ1) is 25.5. The Balaban J connectivity index is 1.48. The number of esters is 2. The minimum atomic E-state index is -0.496. The van der Waals surface area contributed by atoms with Gasteiger partial charge < -0.3 is 47.4 Å². The molecular formula is C40H46O12. The van der Waals surface area contributed by atoms with E-state index in [0.29, 0.717) is 97.0 Å². The number of rotatable bonds is 22. The Morgan fingerprint density at radius 1 is 0.423 bits per heavy atom. The van der Waals surface area contributed by atoms with E-state index in [2.05, 4.69) is 0 Å². The van der Waals surface area contributed by atoms with E-state index in [1.165, 1.54) is 0 Å². The van der Waals surface area contributed by atoms with Crippen molar-refractivity contribution >= 4 is 55.0 Å². The zero-order valence-corrected chi connectivity index (χ0v) is 30.2. The van der Waals surface area contributed by atoms with Crippen LogP contribution in [0.15, 0.2) is 60.7 Å². The fourth-order valence-electron chi connectivity index (χ4n) is 6.11. The SMILES string of the molecule is COCCOCCOCCOC(=O)c1cc2c(OC)c(OC)c3cc(C(=O)OCCOCCOCCOC)c4ccccc4c3c2c2ccccc12.